The van der Waals surface area contributed by atoms with Gasteiger partial charge >= 0.3 is 0 Å². The molecule has 0 aliphatic carbocycles. The Balaban J connectivity index is 1.78. The number of rotatable bonds is 4. The monoisotopic (exact) mass is 325 g/mol. The van der Waals surface area contributed by atoms with Crippen LogP contribution in [-0.2, 0) is 4.79 Å². The van der Waals surface area contributed by atoms with Crippen LogP contribution in [0.15, 0.2) is 28.7 Å². The first-order valence-corrected chi connectivity index (χ1v) is 7.71. The van der Waals surface area contributed by atoms with Crippen LogP contribution in [0, 0.1) is 0 Å². The number of amides is 1. The third-order valence-electron chi connectivity index (χ3n) is 3.35. The van der Waals surface area contributed by atoms with Crippen LogP contribution in [0.1, 0.15) is 32.1 Å². The van der Waals surface area contributed by atoms with E-state index in [9.17, 15) is 4.79 Å². The molecule has 1 fully saturated rings. The molecule has 0 atom stereocenters. The van der Waals surface area contributed by atoms with E-state index in [0.717, 1.165) is 29.6 Å². The molecule has 104 valence electrons. The van der Waals surface area contributed by atoms with E-state index in [-0.39, 0.29) is 5.91 Å². The van der Waals surface area contributed by atoms with Gasteiger partial charge in [0.1, 0.15) is 12.4 Å². The van der Waals surface area contributed by atoms with Crippen LogP contribution in [0.25, 0.3) is 0 Å². The van der Waals surface area contributed by atoms with E-state index in [1.54, 1.807) is 0 Å². The van der Waals surface area contributed by atoms with Crippen LogP contribution in [-0.4, -0.2) is 30.5 Å². The zero-order valence-electron chi connectivity index (χ0n) is 11.1. The van der Waals surface area contributed by atoms with Gasteiger partial charge in [0.15, 0.2) is 0 Å². The van der Waals surface area contributed by atoms with Gasteiger partial charge in [-0.3, -0.25) is 4.79 Å². The molecule has 1 aromatic carbocycles. The molecule has 1 aliphatic rings. The van der Waals surface area contributed by atoms with Crippen molar-refractivity contribution in [3.63, 3.8) is 0 Å². The minimum Gasteiger partial charge on any atom is -0.492 e. The van der Waals surface area contributed by atoms with Gasteiger partial charge in [-0.2, -0.15) is 0 Å². The van der Waals surface area contributed by atoms with Crippen LogP contribution in [0.5, 0.6) is 5.75 Å². The predicted octanol–water partition coefficient (Wildman–Crippen LogP) is 3.62. The third-order valence-corrected chi connectivity index (χ3v) is 3.84. The SMILES string of the molecule is O=C1CCCCCCN1CCOc1cccc(Br)c1. The quantitative estimate of drug-likeness (QED) is 0.846. The van der Waals surface area contributed by atoms with Gasteiger partial charge in [0.2, 0.25) is 5.91 Å². The highest BCUT2D eigenvalue weighted by Gasteiger charge is 2.15. The van der Waals surface area contributed by atoms with Crippen LogP contribution in [0.2, 0.25) is 0 Å². The molecule has 0 spiro atoms. The topological polar surface area (TPSA) is 29.5 Å². The number of hydrogen-bond acceptors (Lipinski definition) is 2. The standard InChI is InChI=1S/C15H20BrNO2/c16-13-6-5-7-14(12-13)19-11-10-17-9-4-2-1-3-8-15(17)18/h5-7,12H,1-4,8-11H2. The maximum absolute atomic E-state index is 11.9. The summed E-state index contributed by atoms with van der Waals surface area (Å²) in [7, 11) is 0. The summed E-state index contributed by atoms with van der Waals surface area (Å²) in [5, 5.41) is 0. The number of likely N-dealkylation sites (tertiary alicyclic amines) is 1. The molecule has 19 heavy (non-hydrogen) atoms. The Bertz CT molecular complexity index is 422. The zero-order chi connectivity index (χ0) is 13.5. The second kappa shape index (κ2) is 7.53. The minimum atomic E-state index is 0.276. The number of ether oxygens (including phenoxy) is 1. The molecule has 4 heteroatoms. The lowest BCUT2D eigenvalue weighted by Crippen LogP contribution is -2.36. The van der Waals surface area contributed by atoms with E-state index in [1.807, 2.05) is 29.2 Å². The smallest absolute Gasteiger partial charge is 0.222 e. The van der Waals surface area contributed by atoms with Crippen molar-refractivity contribution in [2.45, 2.75) is 32.1 Å². The summed E-state index contributed by atoms with van der Waals surface area (Å²) < 4.78 is 6.69. The average Bonchev–Trinajstić information content (AvgIpc) is 2.38. The van der Waals surface area contributed by atoms with E-state index < -0.39 is 0 Å². The Morgan fingerprint density at radius 3 is 2.89 bits per heavy atom. The van der Waals surface area contributed by atoms with E-state index in [2.05, 4.69) is 15.9 Å². The summed E-state index contributed by atoms with van der Waals surface area (Å²) in [6, 6.07) is 7.78. The predicted molar refractivity (Wildman–Crippen MR) is 79.3 cm³/mol. The lowest BCUT2D eigenvalue weighted by molar-refractivity contribution is -0.132. The highest BCUT2D eigenvalue weighted by molar-refractivity contribution is 9.10. The molecule has 1 aliphatic heterocycles. The van der Waals surface area contributed by atoms with E-state index >= 15 is 0 Å². The maximum atomic E-state index is 11.9. The fraction of sp³-hybridized carbons (Fsp3) is 0.533. The second-order valence-corrected chi connectivity index (χ2v) is 5.77. The van der Waals surface area contributed by atoms with Gasteiger partial charge in [0.25, 0.3) is 0 Å². The fourth-order valence-electron chi connectivity index (χ4n) is 2.28. The Morgan fingerprint density at radius 1 is 1.21 bits per heavy atom. The first-order valence-electron chi connectivity index (χ1n) is 6.92. The van der Waals surface area contributed by atoms with Crippen LogP contribution < -0.4 is 4.74 Å². The summed E-state index contributed by atoms with van der Waals surface area (Å²) >= 11 is 3.41. The van der Waals surface area contributed by atoms with E-state index in [4.69, 9.17) is 4.74 Å². The Labute approximate surface area is 123 Å². The van der Waals surface area contributed by atoms with E-state index in [0.29, 0.717) is 19.6 Å². The van der Waals surface area contributed by atoms with Crippen molar-refractivity contribution >= 4 is 21.8 Å². The molecule has 1 aromatic rings. The lowest BCUT2D eigenvalue weighted by atomic mass is 10.1. The highest BCUT2D eigenvalue weighted by atomic mass is 79.9. The molecule has 0 saturated carbocycles. The lowest BCUT2D eigenvalue weighted by Gasteiger charge is -2.24. The van der Waals surface area contributed by atoms with Crippen LogP contribution >= 0.6 is 15.9 Å². The first kappa shape index (κ1) is 14.4. The van der Waals surface area contributed by atoms with Crippen molar-refractivity contribution in [3.8, 4) is 5.75 Å². The summed E-state index contributed by atoms with van der Waals surface area (Å²) in [5.74, 6) is 1.12. The molecule has 0 aromatic heterocycles. The van der Waals surface area contributed by atoms with Crippen LogP contribution in [0.3, 0.4) is 0 Å². The molecule has 1 amide bonds. The Hall–Kier alpha value is -1.03. The maximum Gasteiger partial charge on any atom is 0.222 e. The van der Waals surface area contributed by atoms with Gasteiger partial charge in [-0.1, -0.05) is 34.8 Å². The summed E-state index contributed by atoms with van der Waals surface area (Å²) in [5.41, 5.74) is 0. The molecular formula is C15H20BrNO2. The largest absolute Gasteiger partial charge is 0.492 e. The highest BCUT2D eigenvalue weighted by Crippen LogP contribution is 2.18. The van der Waals surface area contributed by atoms with Gasteiger partial charge in [-0.25, -0.2) is 0 Å². The van der Waals surface area contributed by atoms with Crippen molar-refractivity contribution in [2.75, 3.05) is 19.7 Å². The molecule has 1 saturated heterocycles. The molecule has 1 heterocycles. The molecule has 3 nitrogen and oxygen atoms in total. The van der Waals surface area contributed by atoms with Gasteiger partial charge < -0.3 is 9.64 Å². The van der Waals surface area contributed by atoms with Gasteiger partial charge in [0, 0.05) is 17.4 Å². The minimum absolute atomic E-state index is 0.276. The molecule has 2 rings (SSSR count). The zero-order valence-corrected chi connectivity index (χ0v) is 12.7. The van der Waals surface area contributed by atoms with Crippen molar-refractivity contribution in [3.05, 3.63) is 28.7 Å². The Morgan fingerprint density at radius 2 is 2.05 bits per heavy atom. The summed E-state index contributed by atoms with van der Waals surface area (Å²) in [6.07, 6.45) is 5.26. The fourth-order valence-corrected chi connectivity index (χ4v) is 2.66. The normalized spacial score (nSPS) is 16.9. The molecular weight excluding hydrogens is 306 g/mol. The number of carbonyl (C=O) groups is 1. The summed E-state index contributed by atoms with van der Waals surface area (Å²) in [4.78, 5) is 13.9. The van der Waals surface area contributed by atoms with Crippen molar-refractivity contribution in [2.24, 2.45) is 0 Å². The summed E-state index contributed by atoms with van der Waals surface area (Å²) in [6.45, 7) is 2.12. The average molecular weight is 326 g/mol. The van der Waals surface area contributed by atoms with Crippen molar-refractivity contribution in [1.29, 1.82) is 0 Å². The van der Waals surface area contributed by atoms with E-state index in [1.165, 1.54) is 12.8 Å². The number of halogens is 1. The number of hydrogen-bond donors (Lipinski definition) is 0. The van der Waals surface area contributed by atoms with Gasteiger partial charge in [0.05, 0.1) is 6.54 Å². The number of nitrogens with zero attached hydrogens (tertiary/aromatic N) is 1. The second-order valence-electron chi connectivity index (χ2n) is 4.85. The first-order chi connectivity index (χ1) is 9.25. The number of benzene rings is 1. The van der Waals surface area contributed by atoms with Crippen molar-refractivity contribution < 1.29 is 9.53 Å². The third kappa shape index (κ3) is 4.86. The molecule has 0 unspecified atom stereocenters. The van der Waals surface area contributed by atoms with Crippen molar-refractivity contribution in [1.82, 2.24) is 4.90 Å². The Kier molecular flexibility index (Phi) is 5.70. The molecule has 0 N–H and O–H groups in total. The number of carbonyl (C=O) groups excluding carboxylic acids is 1. The van der Waals surface area contributed by atoms with Gasteiger partial charge in [-0.05, 0) is 31.0 Å². The van der Waals surface area contributed by atoms with Crippen LogP contribution in [0.4, 0.5) is 0 Å². The molecule has 0 radical (unpaired) electrons. The molecule has 0 bridgehead atoms. The van der Waals surface area contributed by atoms with Gasteiger partial charge in [-0.15, -0.1) is 0 Å².